The van der Waals surface area contributed by atoms with Crippen LogP contribution in [-0.4, -0.2) is 30.1 Å². The summed E-state index contributed by atoms with van der Waals surface area (Å²) in [6.45, 7) is 5.47. The van der Waals surface area contributed by atoms with Gasteiger partial charge < -0.3 is 15.5 Å². The Hall–Kier alpha value is -1.66. The number of carbonyl (C=O) groups is 1. The number of nitrogens with one attached hydrogen (secondary N) is 2. The van der Waals surface area contributed by atoms with Crippen molar-refractivity contribution in [3.63, 3.8) is 0 Å². The quantitative estimate of drug-likeness (QED) is 0.572. The van der Waals surface area contributed by atoms with Gasteiger partial charge in [-0.2, -0.15) is 0 Å². The number of nitrogen functional groups attached to an aromatic ring is 1. The van der Waals surface area contributed by atoms with Gasteiger partial charge in [0, 0.05) is 30.5 Å². The summed E-state index contributed by atoms with van der Waals surface area (Å²) >= 11 is 0. The molecule has 0 bridgehead atoms. The molecular weight excluding hydrogens is 256 g/mol. The molecule has 0 aliphatic carbocycles. The van der Waals surface area contributed by atoms with Crippen molar-refractivity contribution in [3.8, 4) is 0 Å². The van der Waals surface area contributed by atoms with E-state index in [1.165, 1.54) is 0 Å². The number of pyridine rings is 1. The smallest absolute Gasteiger partial charge is 0.251 e. The molecule has 0 spiro atoms. The van der Waals surface area contributed by atoms with Crippen molar-refractivity contribution >= 4 is 11.7 Å². The maximum atomic E-state index is 12.3. The molecule has 6 heteroatoms. The van der Waals surface area contributed by atoms with Crippen LogP contribution in [0.3, 0.4) is 0 Å². The Labute approximate surface area is 119 Å². The van der Waals surface area contributed by atoms with Crippen molar-refractivity contribution in [2.24, 2.45) is 5.84 Å². The molecule has 2 heterocycles. The molecule has 0 aromatic carbocycles. The van der Waals surface area contributed by atoms with Crippen molar-refractivity contribution in [2.45, 2.75) is 38.6 Å². The van der Waals surface area contributed by atoms with Crippen molar-refractivity contribution in [3.05, 3.63) is 23.4 Å². The van der Waals surface area contributed by atoms with E-state index >= 15 is 0 Å². The number of rotatable bonds is 4. The van der Waals surface area contributed by atoms with Gasteiger partial charge in [0.15, 0.2) is 0 Å². The molecular formula is C14H22N4O2. The summed E-state index contributed by atoms with van der Waals surface area (Å²) in [5, 5.41) is 3.04. The molecule has 0 radical (unpaired) electrons. The van der Waals surface area contributed by atoms with Gasteiger partial charge >= 0.3 is 0 Å². The number of ether oxygens (including phenoxy) is 1. The Kier molecular flexibility index (Phi) is 4.92. The van der Waals surface area contributed by atoms with Gasteiger partial charge in [-0.15, -0.1) is 0 Å². The van der Waals surface area contributed by atoms with Gasteiger partial charge in [0.2, 0.25) is 0 Å². The van der Waals surface area contributed by atoms with Crippen LogP contribution in [0, 0.1) is 0 Å². The first kappa shape index (κ1) is 14.7. The predicted octanol–water partition coefficient (Wildman–Crippen LogP) is 1.40. The average Bonchev–Trinajstić information content (AvgIpc) is 2.47. The Bertz CT molecular complexity index is 470. The lowest BCUT2D eigenvalue weighted by Crippen LogP contribution is -2.39. The van der Waals surface area contributed by atoms with Gasteiger partial charge in [-0.25, -0.2) is 10.8 Å². The van der Waals surface area contributed by atoms with Gasteiger partial charge in [-0.05, 0) is 30.9 Å². The summed E-state index contributed by atoms with van der Waals surface area (Å²) in [7, 11) is 0. The minimum atomic E-state index is -0.0855. The van der Waals surface area contributed by atoms with Crippen LogP contribution < -0.4 is 16.6 Å². The Morgan fingerprint density at radius 3 is 2.70 bits per heavy atom. The molecule has 0 atom stereocenters. The van der Waals surface area contributed by atoms with Crippen molar-refractivity contribution in [1.82, 2.24) is 10.3 Å². The van der Waals surface area contributed by atoms with E-state index in [0.717, 1.165) is 18.5 Å². The fourth-order valence-corrected chi connectivity index (χ4v) is 2.16. The van der Waals surface area contributed by atoms with E-state index in [0.29, 0.717) is 24.6 Å². The zero-order valence-corrected chi connectivity index (χ0v) is 12.0. The zero-order valence-electron chi connectivity index (χ0n) is 12.0. The van der Waals surface area contributed by atoms with E-state index in [1.807, 2.05) is 19.9 Å². The van der Waals surface area contributed by atoms with Crippen LogP contribution in [0.2, 0.25) is 0 Å². The van der Waals surface area contributed by atoms with Crippen LogP contribution in [-0.2, 0) is 4.74 Å². The largest absolute Gasteiger partial charge is 0.381 e. The highest BCUT2D eigenvalue weighted by Crippen LogP contribution is 2.17. The lowest BCUT2D eigenvalue weighted by atomic mass is 10.1. The summed E-state index contributed by atoms with van der Waals surface area (Å²) in [4.78, 5) is 16.7. The second-order valence-corrected chi connectivity index (χ2v) is 5.33. The van der Waals surface area contributed by atoms with Crippen molar-refractivity contribution in [2.75, 3.05) is 18.6 Å². The topological polar surface area (TPSA) is 89.3 Å². The lowest BCUT2D eigenvalue weighted by Gasteiger charge is -2.23. The fourth-order valence-electron chi connectivity index (χ4n) is 2.16. The van der Waals surface area contributed by atoms with Gasteiger partial charge in [0.25, 0.3) is 5.91 Å². The lowest BCUT2D eigenvalue weighted by molar-refractivity contribution is 0.0696. The summed E-state index contributed by atoms with van der Waals surface area (Å²) < 4.78 is 5.29. The van der Waals surface area contributed by atoms with Crippen LogP contribution in [0.25, 0.3) is 0 Å². The number of hydrazine groups is 1. The number of hydrogen-bond acceptors (Lipinski definition) is 5. The van der Waals surface area contributed by atoms with Gasteiger partial charge in [0.05, 0.1) is 0 Å². The average molecular weight is 278 g/mol. The molecule has 1 aliphatic heterocycles. The summed E-state index contributed by atoms with van der Waals surface area (Å²) in [5.74, 6) is 6.07. The molecule has 1 saturated heterocycles. The maximum absolute atomic E-state index is 12.3. The van der Waals surface area contributed by atoms with Crippen molar-refractivity contribution < 1.29 is 9.53 Å². The van der Waals surface area contributed by atoms with Gasteiger partial charge in [0.1, 0.15) is 5.82 Å². The molecule has 1 aromatic heterocycles. The highest BCUT2D eigenvalue weighted by atomic mass is 16.5. The third kappa shape index (κ3) is 3.68. The number of nitrogens with two attached hydrogens (primary N) is 1. The molecule has 1 aliphatic rings. The van der Waals surface area contributed by atoms with E-state index in [1.54, 1.807) is 6.07 Å². The highest BCUT2D eigenvalue weighted by Gasteiger charge is 2.18. The summed E-state index contributed by atoms with van der Waals surface area (Å²) in [5.41, 5.74) is 3.94. The van der Waals surface area contributed by atoms with Gasteiger partial charge in [-0.1, -0.05) is 13.8 Å². The molecule has 4 N–H and O–H groups in total. The maximum Gasteiger partial charge on any atom is 0.251 e. The Morgan fingerprint density at radius 1 is 1.40 bits per heavy atom. The monoisotopic (exact) mass is 278 g/mol. The minimum absolute atomic E-state index is 0.0855. The predicted molar refractivity (Wildman–Crippen MR) is 77.4 cm³/mol. The molecule has 0 unspecified atom stereocenters. The third-order valence-electron chi connectivity index (χ3n) is 3.40. The first-order chi connectivity index (χ1) is 9.60. The second-order valence-electron chi connectivity index (χ2n) is 5.33. The van der Waals surface area contributed by atoms with E-state index in [2.05, 4.69) is 15.7 Å². The first-order valence-corrected chi connectivity index (χ1v) is 6.97. The number of amides is 1. The van der Waals surface area contributed by atoms with E-state index in [-0.39, 0.29) is 17.9 Å². The minimum Gasteiger partial charge on any atom is -0.381 e. The van der Waals surface area contributed by atoms with Gasteiger partial charge in [-0.3, -0.25) is 4.79 Å². The van der Waals surface area contributed by atoms with Crippen LogP contribution in [0.1, 0.15) is 48.7 Å². The SMILES string of the molecule is CC(C)c1cc(C(=O)NC2CCOCC2)cc(NN)n1. The number of nitrogens with zero attached hydrogens (tertiary/aromatic N) is 1. The number of hydrogen-bond donors (Lipinski definition) is 3. The molecule has 2 rings (SSSR count). The van der Waals surface area contributed by atoms with Crippen LogP contribution in [0.15, 0.2) is 12.1 Å². The Balaban J connectivity index is 2.13. The molecule has 110 valence electrons. The third-order valence-corrected chi connectivity index (χ3v) is 3.40. The fraction of sp³-hybridized carbons (Fsp3) is 0.571. The molecule has 1 amide bonds. The standard InChI is InChI=1S/C14H22N4O2/c1-9(2)12-7-10(8-13(17-12)18-15)14(19)16-11-3-5-20-6-4-11/h7-9,11H,3-6,15H2,1-2H3,(H,16,19)(H,17,18). The van der Waals surface area contributed by atoms with E-state index in [9.17, 15) is 4.79 Å². The number of aromatic nitrogens is 1. The Morgan fingerprint density at radius 2 is 2.10 bits per heavy atom. The van der Waals surface area contributed by atoms with Crippen molar-refractivity contribution in [1.29, 1.82) is 0 Å². The van der Waals surface area contributed by atoms with E-state index in [4.69, 9.17) is 10.6 Å². The molecule has 1 aromatic rings. The molecule has 0 saturated carbocycles. The second kappa shape index (κ2) is 6.67. The molecule has 6 nitrogen and oxygen atoms in total. The summed E-state index contributed by atoms with van der Waals surface area (Å²) in [6, 6.07) is 3.67. The number of anilines is 1. The van der Waals surface area contributed by atoms with Crippen LogP contribution in [0.4, 0.5) is 5.82 Å². The highest BCUT2D eigenvalue weighted by molar-refractivity contribution is 5.95. The zero-order chi connectivity index (χ0) is 14.5. The molecule has 1 fully saturated rings. The first-order valence-electron chi connectivity index (χ1n) is 6.97. The van der Waals surface area contributed by atoms with E-state index < -0.39 is 0 Å². The summed E-state index contributed by atoms with van der Waals surface area (Å²) in [6.07, 6.45) is 1.71. The normalized spacial score (nSPS) is 16.2. The van der Waals surface area contributed by atoms with Crippen LogP contribution in [0.5, 0.6) is 0 Å². The number of carbonyl (C=O) groups excluding carboxylic acids is 1. The molecule has 20 heavy (non-hydrogen) atoms. The van der Waals surface area contributed by atoms with Crippen LogP contribution >= 0.6 is 0 Å².